The highest BCUT2D eigenvalue weighted by molar-refractivity contribution is 7.99. The number of H-pyrrole nitrogens is 1. The fourth-order valence-electron chi connectivity index (χ4n) is 2.18. The van der Waals surface area contributed by atoms with Crippen molar-refractivity contribution in [2.45, 2.75) is 23.8 Å². The van der Waals surface area contributed by atoms with E-state index in [9.17, 15) is 0 Å². The molecule has 0 saturated heterocycles. The summed E-state index contributed by atoms with van der Waals surface area (Å²) in [5.74, 6) is 0.928. The van der Waals surface area contributed by atoms with Crippen molar-refractivity contribution in [1.29, 1.82) is 0 Å². The van der Waals surface area contributed by atoms with Crippen LogP contribution in [0.4, 0.5) is 0 Å². The van der Waals surface area contributed by atoms with Gasteiger partial charge in [0.05, 0.1) is 5.25 Å². The lowest BCUT2D eigenvalue weighted by Crippen LogP contribution is -1.97. The van der Waals surface area contributed by atoms with Gasteiger partial charge in [-0.1, -0.05) is 79.3 Å². The van der Waals surface area contributed by atoms with Crippen LogP contribution >= 0.6 is 11.8 Å². The van der Waals surface area contributed by atoms with E-state index in [1.165, 1.54) is 11.1 Å². The summed E-state index contributed by atoms with van der Waals surface area (Å²) in [7, 11) is 0. The molecule has 0 atom stereocenters. The number of aromatic nitrogens is 3. The molecule has 3 nitrogen and oxygen atoms in total. The smallest absolute Gasteiger partial charge is 0.209 e. The zero-order valence-electron chi connectivity index (χ0n) is 11.9. The van der Waals surface area contributed by atoms with Crippen LogP contribution in [0.1, 0.15) is 29.1 Å². The van der Waals surface area contributed by atoms with Gasteiger partial charge >= 0.3 is 0 Å². The molecule has 4 heteroatoms. The Balaban J connectivity index is 1.93. The van der Waals surface area contributed by atoms with Crippen molar-refractivity contribution >= 4 is 11.8 Å². The highest BCUT2D eigenvalue weighted by atomic mass is 32.2. The summed E-state index contributed by atoms with van der Waals surface area (Å²) in [5.41, 5.74) is 2.52. The Morgan fingerprint density at radius 2 is 1.52 bits per heavy atom. The molecule has 3 aromatic rings. The summed E-state index contributed by atoms with van der Waals surface area (Å²) < 4.78 is 0. The van der Waals surface area contributed by atoms with Crippen LogP contribution in [0, 0.1) is 0 Å². The topological polar surface area (TPSA) is 41.6 Å². The minimum absolute atomic E-state index is 0.202. The van der Waals surface area contributed by atoms with E-state index in [1.807, 2.05) is 12.1 Å². The van der Waals surface area contributed by atoms with Crippen molar-refractivity contribution in [3.8, 4) is 0 Å². The molecule has 106 valence electrons. The molecule has 1 N–H and O–H groups in total. The van der Waals surface area contributed by atoms with Gasteiger partial charge in [0.1, 0.15) is 5.82 Å². The van der Waals surface area contributed by atoms with Crippen LogP contribution in [-0.4, -0.2) is 15.2 Å². The number of hydrogen-bond acceptors (Lipinski definition) is 3. The molecule has 0 spiro atoms. The van der Waals surface area contributed by atoms with Crippen molar-refractivity contribution in [3.05, 3.63) is 77.6 Å². The van der Waals surface area contributed by atoms with Crippen LogP contribution in [-0.2, 0) is 6.42 Å². The van der Waals surface area contributed by atoms with Crippen molar-refractivity contribution < 1.29 is 0 Å². The van der Waals surface area contributed by atoms with Crippen molar-refractivity contribution in [3.63, 3.8) is 0 Å². The van der Waals surface area contributed by atoms with Crippen LogP contribution in [0.5, 0.6) is 0 Å². The summed E-state index contributed by atoms with van der Waals surface area (Å²) in [6.45, 7) is 2.07. The zero-order chi connectivity index (χ0) is 14.5. The van der Waals surface area contributed by atoms with Gasteiger partial charge in [-0.25, -0.2) is 4.98 Å². The maximum Gasteiger partial charge on any atom is 0.209 e. The molecule has 0 bridgehead atoms. The summed E-state index contributed by atoms with van der Waals surface area (Å²) in [5, 5.41) is 8.28. The van der Waals surface area contributed by atoms with E-state index in [0.29, 0.717) is 0 Å². The van der Waals surface area contributed by atoms with Gasteiger partial charge in [0.25, 0.3) is 0 Å². The Kier molecular flexibility index (Phi) is 4.36. The Hall–Kier alpha value is -2.07. The lowest BCUT2D eigenvalue weighted by atomic mass is 10.0. The predicted octanol–water partition coefficient (Wildman–Crippen LogP) is 4.25. The van der Waals surface area contributed by atoms with Crippen LogP contribution < -0.4 is 0 Å². The Morgan fingerprint density at radius 1 is 0.952 bits per heavy atom. The fourth-order valence-corrected chi connectivity index (χ4v) is 3.24. The van der Waals surface area contributed by atoms with Gasteiger partial charge in [0.15, 0.2) is 0 Å². The Labute approximate surface area is 128 Å². The number of thioether (sulfide) groups is 1. The number of aromatic amines is 1. The molecule has 1 aromatic heterocycles. The molecule has 0 aliphatic carbocycles. The van der Waals surface area contributed by atoms with Gasteiger partial charge < -0.3 is 0 Å². The average molecular weight is 295 g/mol. The van der Waals surface area contributed by atoms with Crippen LogP contribution in [0.15, 0.2) is 65.8 Å². The molecule has 0 unspecified atom stereocenters. The zero-order valence-corrected chi connectivity index (χ0v) is 12.7. The third kappa shape index (κ3) is 3.34. The van der Waals surface area contributed by atoms with E-state index in [4.69, 9.17) is 0 Å². The first-order chi connectivity index (χ1) is 10.4. The minimum atomic E-state index is 0.202. The Bertz CT molecular complexity index is 640. The molecule has 0 radical (unpaired) electrons. The van der Waals surface area contributed by atoms with Gasteiger partial charge in [-0.05, 0) is 11.1 Å². The third-order valence-corrected chi connectivity index (χ3v) is 4.45. The van der Waals surface area contributed by atoms with E-state index in [1.54, 1.807) is 11.8 Å². The Morgan fingerprint density at radius 3 is 2.00 bits per heavy atom. The van der Waals surface area contributed by atoms with Gasteiger partial charge in [-0.2, -0.15) is 0 Å². The maximum absolute atomic E-state index is 4.52. The molecule has 0 fully saturated rings. The first-order valence-electron chi connectivity index (χ1n) is 7.04. The SMILES string of the molecule is CCc1nc(SC(c2ccccc2)c2ccccc2)n[nH]1. The second-order valence-electron chi connectivity index (χ2n) is 4.74. The highest BCUT2D eigenvalue weighted by Crippen LogP contribution is 2.38. The molecule has 0 amide bonds. The van der Waals surface area contributed by atoms with Crippen molar-refractivity contribution in [2.24, 2.45) is 0 Å². The molecule has 1 heterocycles. The fraction of sp³-hybridized carbons (Fsp3) is 0.176. The summed E-state index contributed by atoms with van der Waals surface area (Å²) in [6.07, 6.45) is 0.870. The van der Waals surface area contributed by atoms with E-state index < -0.39 is 0 Å². The van der Waals surface area contributed by atoms with Crippen LogP contribution in [0.25, 0.3) is 0 Å². The highest BCUT2D eigenvalue weighted by Gasteiger charge is 2.17. The van der Waals surface area contributed by atoms with Gasteiger partial charge in [-0.3, -0.25) is 5.10 Å². The molecule has 0 saturated carbocycles. The number of rotatable bonds is 5. The second kappa shape index (κ2) is 6.59. The lowest BCUT2D eigenvalue weighted by molar-refractivity contribution is 0.940. The molecular weight excluding hydrogens is 278 g/mol. The van der Waals surface area contributed by atoms with Gasteiger partial charge in [-0.15, -0.1) is 5.10 Å². The second-order valence-corrected chi connectivity index (χ2v) is 5.81. The normalized spacial score (nSPS) is 11.0. The third-order valence-electron chi connectivity index (χ3n) is 3.27. The molecule has 2 aromatic carbocycles. The summed E-state index contributed by atoms with van der Waals surface area (Å²) in [4.78, 5) is 4.52. The van der Waals surface area contributed by atoms with E-state index >= 15 is 0 Å². The summed E-state index contributed by atoms with van der Waals surface area (Å²) in [6, 6.07) is 21.0. The van der Waals surface area contributed by atoms with Crippen LogP contribution in [0.3, 0.4) is 0 Å². The number of benzene rings is 2. The van der Waals surface area contributed by atoms with E-state index in [-0.39, 0.29) is 5.25 Å². The standard InChI is InChI=1S/C17H17N3S/c1-2-15-18-17(20-19-15)21-16(13-9-5-3-6-10-13)14-11-7-4-8-12-14/h3-12,16H,2H2,1H3,(H,18,19,20). The monoisotopic (exact) mass is 295 g/mol. The van der Waals surface area contributed by atoms with E-state index in [2.05, 4.69) is 70.6 Å². The number of nitrogens with one attached hydrogen (secondary N) is 1. The number of hydrogen-bond donors (Lipinski definition) is 1. The van der Waals surface area contributed by atoms with Crippen molar-refractivity contribution in [2.75, 3.05) is 0 Å². The molecule has 0 aliphatic rings. The first kappa shape index (κ1) is 13.9. The number of nitrogens with zero attached hydrogens (tertiary/aromatic N) is 2. The average Bonchev–Trinajstić information content (AvgIpc) is 3.02. The lowest BCUT2D eigenvalue weighted by Gasteiger charge is -2.15. The molecular formula is C17H17N3S. The first-order valence-corrected chi connectivity index (χ1v) is 7.92. The predicted molar refractivity (Wildman–Crippen MR) is 86.3 cm³/mol. The summed E-state index contributed by atoms with van der Waals surface area (Å²) >= 11 is 1.68. The van der Waals surface area contributed by atoms with Crippen molar-refractivity contribution in [1.82, 2.24) is 15.2 Å². The number of aryl methyl sites for hydroxylation is 1. The maximum atomic E-state index is 4.52. The largest absolute Gasteiger partial charge is 0.262 e. The quantitative estimate of drug-likeness (QED) is 0.715. The minimum Gasteiger partial charge on any atom is -0.262 e. The molecule has 0 aliphatic heterocycles. The van der Waals surface area contributed by atoms with Gasteiger partial charge in [0, 0.05) is 6.42 Å². The molecule has 3 rings (SSSR count). The van der Waals surface area contributed by atoms with Crippen LogP contribution in [0.2, 0.25) is 0 Å². The van der Waals surface area contributed by atoms with E-state index in [0.717, 1.165) is 17.4 Å². The van der Waals surface area contributed by atoms with Gasteiger partial charge in [0.2, 0.25) is 5.16 Å². The molecule has 21 heavy (non-hydrogen) atoms.